The monoisotopic (exact) mass is 498 g/mol. The van der Waals surface area contributed by atoms with E-state index < -0.39 is 24.5 Å². The second kappa shape index (κ2) is 12.6. The molecule has 0 bridgehead atoms. The first kappa shape index (κ1) is 25.8. The van der Waals surface area contributed by atoms with Crippen LogP contribution in [0, 0.1) is 11.3 Å². The van der Waals surface area contributed by atoms with Gasteiger partial charge in [0.2, 0.25) is 0 Å². The molecule has 1 amide bonds. The molecular formula is C25H26N2O7S. The zero-order chi connectivity index (χ0) is 25.2. The van der Waals surface area contributed by atoms with E-state index >= 15 is 0 Å². The van der Waals surface area contributed by atoms with Crippen molar-refractivity contribution < 1.29 is 33.3 Å². The lowest BCUT2D eigenvalue weighted by Crippen LogP contribution is -2.21. The van der Waals surface area contributed by atoms with Gasteiger partial charge in [-0.05, 0) is 61.9 Å². The number of carbonyl (C=O) groups excluding carboxylic acids is 3. The molecule has 10 heteroatoms. The molecule has 0 aliphatic heterocycles. The van der Waals surface area contributed by atoms with Crippen molar-refractivity contribution in [3.05, 3.63) is 45.8 Å². The van der Waals surface area contributed by atoms with Crippen LogP contribution in [0.4, 0.5) is 5.00 Å². The van der Waals surface area contributed by atoms with Crippen LogP contribution in [0.1, 0.15) is 46.1 Å². The average Bonchev–Trinajstić information content (AvgIpc) is 3.23. The van der Waals surface area contributed by atoms with Gasteiger partial charge < -0.3 is 24.3 Å². The molecule has 2 aromatic rings. The number of aryl methyl sites for hydroxylation is 1. The number of nitrogens with one attached hydrogen (secondary N) is 1. The summed E-state index contributed by atoms with van der Waals surface area (Å²) in [6, 6.07) is 6.82. The summed E-state index contributed by atoms with van der Waals surface area (Å²) >= 11 is 1.37. The van der Waals surface area contributed by atoms with Crippen molar-refractivity contribution in [3.63, 3.8) is 0 Å². The summed E-state index contributed by atoms with van der Waals surface area (Å²) in [5.41, 5.74) is 1.98. The number of carbonyl (C=O) groups is 3. The Morgan fingerprint density at radius 2 is 1.97 bits per heavy atom. The molecule has 0 saturated carbocycles. The molecular weight excluding hydrogens is 472 g/mol. The maximum atomic E-state index is 12.5. The molecule has 0 radical (unpaired) electrons. The lowest BCUT2D eigenvalue weighted by Gasteiger charge is -2.12. The van der Waals surface area contributed by atoms with Gasteiger partial charge in [0.25, 0.3) is 5.91 Å². The third-order valence-corrected chi connectivity index (χ3v) is 6.35. The van der Waals surface area contributed by atoms with Crippen LogP contribution in [0.15, 0.2) is 24.3 Å². The minimum absolute atomic E-state index is 0.116. The molecule has 1 aliphatic rings. The number of rotatable bonds is 10. The van der Waals surface area contributed by atoms with Gasteiger partial charge in [-0.15, -0.1) is 11.3 Å². The molecule has 0 fully saturated rings. The van der Waals surface area contributed by atoms with Crippen molar-refractivity contribution in [1.82, 2.24) is 0 Å². The highest BCUT2D eigenvalue weighted by Gasteiger charge is 2.27. The van der Waals surface area contributed by atoms with Gasteiger partial charge in [0.1, 0.15) is 11.1 Å². The lowest BCUT2D eigenvalue weighted by atomic mass is 9.95. The summed E-state index contributed by atoms with van der Waals surface area (Å²) in [7, 11) is 1.46. The summed E-state index contributed by atoms with van der Waals surface area (Å²) in [4.78, 5) is 38.1. The minimum atomic E-state index is -0.708. The smallest absolute Gasteiger partial charge is 0.341 e. The van der Waals surface area contributed by atoms with Crippen LogP contribution in [-0.2, 0) is 31.9 Å². The van der Waals surface area contributed by atoms with E-state index in [4.69, 9.17) is 24.2 Å². The first-order valence-corrected chi connectivity index (χ1v) is 11.9. The number of nitriles is 1. The number of benzene rings is 1. The molecule has 3 rings (SSSR count). The van der Waals surface area contributed by atoms with E-state index in [1.54, 1.807) is 25.1 Å². The summed E-state index contributed by atoms with van der Waals surface area (Å²) in [5, 5.41) is 11.8. The number of esters is 2. The van der Waals surface area contributed by atoms with Gasteiger partial charge >= 0.3 is 11.9 Å². The summed E-state index contributed by atoms with van der Waals surface area (Å²) in [6.45, 7) is 1.35. The third-order valence-electron chi connectivity index (χ3n) is 5.14. The topological polar surface area (TPSA) is 124 Å². The van der Waals surface area contributed by atoms with Crippen molar-refractivity contribution in [1.29, 1.82) is 5.26 Å². The van der Waals surface area contributed by atoms with Gasteiger partial charge in [-0.2, -0.15) is 5.26 Å². The van der Waals surface area contributed by atoms with E-state index in [0.717, 1.165) is 36.1 Å². The molecule has 0 unspecified atom stereocenters. The zero-order valence-corrected chi connectivity index (χ0v) is 20.4. The zero-order valence-electron chi connectivity index (χ0n) is 19.5. The van der Waals surface area contributed by atoms with Crippen LogP contribution >= 0.6 is 11.3 Å². The fourth-order valence-electron chi connectivity index (χ4n) is 3.60. The highest BCUT2D eigenvalue weighted by atomic mass is 32.1. The third kappa shape index (κ3) is 6.83. The van der Waals surface area contributed by atoms with Gasteiger partial charge in [0, 0.05) is 11.0 Å². The molecule has 1 N–H and O–H groups in total. The Hall–Kier alpha value is -3.84. The summed E-state index contributed by atoms with van der Waals surface area (Å²) in [6.07, 6.45) is 6.34. The highest BCUT2D eigenvalue weighted by molar-refractivity contribution is 7.17. The van der Waals surface area contributed by atoms with Crippen LogP contribution in [0.5, 0.6) is 11.5 Å². The molecule has 1 aromatic carbocycles. The van der Waals surface area contributed by atoms with Gasteiger partial charge in [0.15, 0.2) is 24.7 Å². The number of thiophene rings is 1. The Kier molecular flexibility index (Phi) is 9.26. The van der Waals surface area contributed by atoms with Crippen molar-refractivity contribution >= 4 is 40.3 Å². The van der Waals surface area contributed by atoms with Crippen molar-refractivity contribution in [2.45, 2.75) is 32.6 Å². The predicted molar refractivity (Wildman–Crippen MR) is 130 cm³/mol. The summed E-state index contributed by atoms with van der Waals surface area (Å²) in [5.74, 6) is -0.896. The van der Waals surface area contributed by atoms with Gasteiger partial charge in [-0.25, -0.2) is 9.59 Å². The van der Waals surface area contributed by atoms with E-state index in [2.05, 4.69) is 5.32 Å². The van der Waals surface area contributed by atoms with Gasteiger partial charge in [-0.3, -0.25) is 4.79 Å². The Balaban J connectivity index is 1.59. The number of fused-ring (bicyclic) bond motifs is 1. The first-order valence-electron chi connectivity index (χ1n) is 11.1. The minimum Gasteiger partial charge on any atom is -0.493 e. The fourth-order valence-corrected chi connectivity index (χ4v) is 4.90. The molecule has 0 saturated heterocycles. The quantitative estimate of drug-likeness (QED) is 0.386. The molecule has 1 heterocycles. The number of nitrogens with zero attached hydrogens (tertiary/aromatic N) is 1. The number of ether oxygens (including phenoxy) is 4. The van der Waals surface area contributed by atoms with E-state index in [0.29, 0.717) is 27.6 Å². The normalized spacial score (nSPS) is 12.4. The average molecular weight is 499 g/mol. The Morgan fingerprint density at radius 3 is 2.71 bits per heavy atom. The van der Waals surface area contributed by atoms with E-state index in [1.807, 2.05) is 6.07 Å². The van der Waals surface area contributed by atoms with Crippen molar-refractivity contribution in [3.8, 4) is 17.6 Å². The maximum Gasteiger partial charge on any atom is 0.341 e. The second-order valence-corrected chi connectivity index (χ2v) is 8.59. The van der Waals surface area contributed by atoms with Crippen molar-refractivity contribution in [2.24, 2.45) is 0 Å². The second-order valence-electron chi connectivity index (χ2n) is 7.48. The van der Waals surface area contributed by atoms with Crippen LogP contribution in [-0.4, -0.2) is 44.8 Å². The number of hydrogen-bond acceptors (Lipinski definition) is 9. The summed E-state index contributed by atoms with van der Waals surface area (Å²) < 4.78 is 20.7. The van der Waals surface area contributed by atoms with Crippen LogP contribution < -0.4 is 14.8 Å². The SMILES string of the molecule is CCOC(=O)c1c(NC(=O)COC(=O)C=Cc2ccc(OCC#N)c(OC)c2)sc2c1CCCC2. The van der Waals surface area contributed by atoms with Crippen LogP contribution in [0.25, 0.3) is 6.08 Å². The molecule has 1 aromatic heterocycles. The maximum absolute atomic E-state index is 12.5. The number of hydrogen-bond donors (Lipinski definition) is 1. The molecule has 35 heavy (non-hydrogen) atoms. The molecule has 9 nitrogen and oxygen atoms in total. The fraction of sp³-hybridized carbons (Fsp3) is 0.360. The Bertz CT molecular complexity index is 1160. The molecule has 184 valence electrons. The molecule has 1 aliphatic carbocycles. The number of methoxy groups -OCH3 is 1. The van der Waals surface area contributed by atoms with Gasteiger partial charge in [0.05, 0.1) is 19.3 Å². The molecule has 0 spiro atoms. The first-order chi connectivity index (χ1) is 17.0. The number of amides is 1. The standard InChI is InChI=1S/C25H26N2O7S/c1-3-32-25(30)23-17-6-4-5-7-20(17)35-24(23)27-21(28)15-34-22(29)11-9-16-8-10-18(33-13-12-26)19(14-16)31-2/h8-11,14H,3-7,13,15H2,1-2H3,(H,27,28). The van der Waals surface area contributed by atoms with E-state index in [-0.39, 0.29) is 13.2 Å². The van der Waals surface area contributed by atoms with E-state index in [1.165, 1.54) is 30.6 Å². The van der Waals surface area contributed by atoms with Crippen LogP contribution in [0.2, 0.25) is 0 Å². The lowest BCUT2D eigenvalue weighted by molar-refractivity contribution is -0.142. The van der Waals surface area contributed by atoms with Crippen LogP contribution in [0.3, 0.4) is 0 Å². The van der Waals surface area contributed by atoms with Gasteiger partial charge in [-0.1, -0.05) is 6.07 Å². The Morgan fingerprint density at radius 1 is 1.17 bits per heavy atom. The Labute approximate surface area is 207 Å². The van der Waals surface area contributed by atoms with Crippen molar-refractivity contribution in [2.75, 3.05) is 32.2 Å². The molecule has 0 atom stereocenters. The largest absolute Gasteiger partial charge is 0.493 e. The predicted octanol–water partition coefficient (Wildman–Crippen LogP) is 3.91. The number of anilines is 1. The van der Waals surface area contributed by atoms with E-state index in [9.17, 15) is 14.4 Å². The highest BCUT2D eigenvalue weighted by Crippen LogP contribution is 2.38.